The minimum absolute atomic E-state index is 0.104. The molecule has 1 aromatic heterocycles. The molecular formula is C29H33F5N4O3. The predicted octanol–water partition coefficient (Wildman–Crippen LogP) is 6.24. The number of aromatic nitrogens is 2. The topological polar surface area (TPSA) is 104 Å². The highest BCUT2D eigenvalue weighted by atomic mass is 19.4. The smallest absolute Gasteiger partial charge is 0.417 e. The summed E-state index contributed by atoms with van der Waals surface area (Å²) < 4.78 is 72.3. The molecule has 12 heteroatoms. The Kier molecular flexibility index (Phi) is 8.84. The van der Waals surface area contributed by atoms with Gasteiger partial charge >= 0.3 is 12.1 Å². The number of hydrogen-bond donors (Lipinski definition) is 3. The van der Waals surface area contributed by atoms with Crippen molar-refractivity contribution in [3.63, 3.8) is 0 Å². The van der Waals surface area contributed by atoms with E-state index in [1.165, 1.54) is 0 Å². The van der Waals surface area contributed by atoms with E-state index < -0.39 is 47.2 Å². The van der Waals surface area contributed by atoms with Crippen LogP contribution >= 0.6 is 0 Å². The first-order chi connectivity index (χ1) is 19.2. The molecule has 0 spiro atoms. The minimum atomic E-state index is -4.90. The lowest BCUT2D eigenvalue weighted by Gasteiger charge is -2.41. The molecule has 3 aromatic rings. The molecule has 0 amide bonds. The molecule has 1 aliphatic carbocycles. The summed E-state index contributed by atoms with van der Waals surface area (Å²) >= 11 is 0. The van der Waals surface area contributed by atoms with Gasteiger partial charge in [-0.25, -0.2) is 8.78 Å². The quantitative estimate of drug-likeness (QED) is 0.166. The van der Waals surface area contributed by atoms with Crippen LogP contribution in [0.1, 0.15) is 80.8 Å². The summed E-state index contributed by atoms with van der Waals surface area (Å²) in [4.78, 5) is 0. The van der Waals surface area contributed by atoms with Crippen LogP contribution in [0, 0.1) is 11.6 Å². The normalized spacial score (nSPS) is 19.7. The molecule has 1 heterocycles. The number of hydrogen-bond acceptors (Lipinski definition) is 7. The Labute approximate surface area is 234 Å². The number of nitrogens with zero attached hydrogens (tertiary/aromatic N) is 3. The van der Waals surface area contributed by atoms with Crippen LogP contribution in [-0.2, 0) is 23.6 Å². The fourth-order valence-electron chi connectivity index (χ4n) is 5.23. The molecule has 1 fully saturated rings. The van der Waals surface area contributed by atoms with Gasteiger partial charge in [0.15, 0.2) is 0 Å². The van der Waals surface area contributed by atoms with E-state index in [9.17, 15) is 32.3 Å². The Morgan fingerprint density at radius 2 is 1.68 bits per heavy atom. The highest BCUT2D eigenvalue weighted by molar-refractivity contribution is 5.85. The van der Waals surface area contributed by atoms with Crippen molar-refractivity contribution in [1.82, 2.24) is 15.5 Å². The number of halogens is 5. The summed E-state index contributed by atoms with van der Waals surface area (Å²) in [6.07, 6.45) is -4.49. The van der Waals surface area contributed by atoms with Crippen LogP contribution < -0.4 is 5.32 Å². The molecule has 4 rings (SSSR count). The molecule has 41 heavy (non-hydrogen) atoms. The molecule has 0 aliphatic heterocycles. The van der Waals surface area contributed by atoms with Gasteiger partial charge in [0.25, 0.3) is 0 Å². The van der Waals surface area contributed by atoms with E-state index in [4.69, 9.17) is 4.42 Å². The van der Waals surface area contributed by atoms with Crippen LogP contribution in [0.3, 0.4) is 0 Å². The second-order valence-electron chi connectivity index (χ2n) is 11.6. The lowest BCUT2D eigenvalue weighted by molar-refractivity contribution is -0.157. The summed E-state index contributed by atoms with van der Waals surface area (Å²) in [6.45, 7) is 6.16. The van der Waals surface area contributed by atoms with E-state index in [1.807, 2.05) is 18.2 Å². The molecule has 3 N–H and O–H groups in total. The minimum Gasteiger partial charge on any atom is -0.417 e. The van der Waals surface area contributed by atoms with E-state index in [-0.39, 0.29) is 23.9 Å². The Morgan fingerprint density at radius 3 is 2.24 bits per heavy atom. The van der Waals surface area contributed by atoms with E-state index in [0.29, 0.717) is 37.5 Å². The lowest BCUT2D eigenvalue weighted by atomic mass is 9.74. The number of aliphatic hydroxyl groups is 1. The second-order valence-corrected chi connectivity index (χ2v) is 11.6. The van der Waals surface area contributed by atoms with Crippen LogP contribution in [0.15, 0.2) is 52.0 Å². The fraction of sp³-hybridized carbons (Fsp3) is 0.483. The Hall–Kier alpha value is -3.38. The Balaban J connectivity index is 1.65. The Morgan fingerprint density at radius 1 is 1.02 bits per heavy atom. The molecular weight excluding hydrogens is 547 g/mol. The molecule has 222 valence electrons. The van der Waals surface area contributed by atoms with Gasteiger partial charge in [-0.3, -0.25) is 0 Å². The number of rotatable bonds is 8. The van der Waals surface area contributed by atoms with E-state index >= 15 is 0 Å². The molecule has 7 nitrogen and oxygen atoms in total. The van der Waals surface area contributed by atoms with Gasteiger partial charge in [0.2, 0.25) is 5.89 Å². The van der Waals surface area contributed by atoms with Crippen molar-refractivity contribution in [2.75, 3.05) is 6.54 Å². The van der Waals surface area contributed by atoms with E-state index in [2.05, 4.69) is 47.5 Å². The summed E-state index contributed by atoms with van der Waals surface area (Å²) in [5.74, 6) is -5.02. The first-order valence-electron chi connectivity index (χ1n) is 13.3. The van der Waals surface area contributed by atoms with Gasteiger partial charge in [0, 0.05) is 18.2 Å². The molecule has 0 radical (unpaired) electrons. The average molecular weight is 581 g/mol. The van der Waals surface area contributed by atoms with Gasteiger partial charge < -0.3 is 20.0 Å². The highest BCUT2D eigenvalue weighted by Gasteiger charge is 2.41. The van der Waals surface area contributed by atoms with Crippen molar-refractivity contribution in [3.05, 3.63) is 82.6 Å². The first-order valence-corrected chi connectivity index (χ1v) is 13.3. The molecule has 2 aromatic carbocycles. The van der Waals surface area contributed by atoms with Crippen molar-refractivity contribution >= 4 is 5.71 Å². The maximum Gasteiger partial charge on any atom is 0.470 e. The Bertz CT molecular complexity index is 1350. The van der Waals surface area contributed by atoms with Crippen LogP contribution in [0.2, 0.25) is 0 Å². The zero-order valence-electron chi connectivity index (χ0n) is 23.0. The monoisotopic (exact) mass is 580 g/mol. The second kappa shape index (κ2) is 11.8. The zero-order chi connectivity index (χ0) is 30.0. The maximum atomic E-state index is 13.9. The van der Waals surface area contributed by atoms with Gasteiger partial charge in [-0.05, 0) is 66.3 Å². The van der Waals surface area contributed by atoms with Crippen molar-refractivity contribution in [3.8, 4) is 0 Å². The van der Waals surface area contributed by atoms with Crippen LogP contribution in [-0.4, -0.2) is 38.9 Å². The van der Waals surface area contributed by atoms with Gasteiger partial charge in [0.05, 0.1) is 17.7 Å². The highest BCUT2D eigenvalue weighted by Crippen LogP contribution is 2.39. The molecule has 1 aliphatic rings. The van der Waals surface area contributed by atoms with Crippen LogP contribution in [0.4, 0.5) is 22.0 Å². The molecule has 2 unspecified atom stereocenters. The van der Waals surface area contributed by atoms with Gasteiger partial charge in [-0.2, -0.15) is 13.2 Å². The number of benzene rings is 2. The summed E-state index contributed by atoms with van der Waals surface area (Å²) in [6, 6.07) is 10.8. The molecule has 0 bridgehead atoms. The number of aliphatic hydroxyl groups excluding tert-OH is 1. The average Bonchev–Trinajstić information content (AvgIpc) is 3.41. The lowest BCUT2D eigenvalue weighted by Crippen LogP contribution is -2.49. The molecule has 2 atom stereocenters. The van der Waals surface area contributed by atoms with E-state index in [1.54, 1.807) is 0 Å². The summed E-state index contributed by atoms with van der Waals surface area (Å²) in [5.41, 5.74) is 2.00. The van der Waals surface area contributed by atoms with Crippen molar-refractivity contribution < 1.29 is 36.7 Å². The fourth-order valence-corrected chi connectivity index (χ4v) is 5.23. The predicted molar refractivity (Wildman–Crippen MR) is 141 cm³/mol. The number of oxime groups is 1. The van der Waals surface area contributed by atoms with Gasteiger partial charge in [0.1, 0.15) is 11.6 Å². The maximum absolute atomic E-state index is 13.9. The third-order valence-electron chi connectivity index (χ3n) is 7.60. The first kappa shape index (κ1) is 30.6. The number of nitrogens with one attached hydrogen (secondary N) is 1. The third-order valence-corrected chi connectivity index (χ3v) is 7.60. The zero-order valence-corrected chi connectivity index (χ0v) is 23.0. The summed E-state index contributed by atoms with van der Waals surface area (Å²) in [7, 11) is 0. The van der Waals surface area contributed by atoms with Crippen LogP contribution in [0.25, 0.3) is 0 Å². The van der Waals surface area contributed by atoms with Crippen LogP contribution in [0.5, 0.6) is 0 Å². The largest absolute Gasteiger partial charge is 0.470 e. The van der Waals surface area contributed by atoms with Gasteiger partial charge in [-0.1, -0.05) is 50.2 Å². The third kappa shape index (κ3) is 7.28. The SMILES string of the molecule is CC(C)(C)c1cccc(C2(NCC(O)C(Cc3cc(F)cc(F)c3)c3nnc(C(F)(F)F)o3)CCC(=NO)CC2)c1. The van der Waals surface area contributed by atoms with Crippen molar-refractivity contribution in [2.45, 2.75) is 82.0 Å². The van der Waals surface area contributed by atoms with Crippen molar-refractivity contribution in [1.29, 1.82) is 0 Å². The molecule has 1 saturated carbocycles. The number of alkyl halides is 3. The summed E-state index contributed by atoms with van der Waals surface area (Å²) in [5, 5.41) is 34.0. The molecule has 0 saturated heterocycles. The van der Waals surface area contributed by atoms with Gasteiger partial charge in [-0.15, -0.1) is 10.2 Å². The van der Waals surface area contributed by atoms with Crippen molar-refractivity contribution in [2.24, 2.45) is 5.16 Å². The van der Waals surface area contributed by atoms with E-state index in [0.717, 1.165) is 23.3 Å². The standard InChI is InChI=1S/C29H33F5N4O3/c1-27(2,3)18-5-4-6-19(14-18)28(9-7-22(38-40)8-10-28)35-16-24(39)23(13-17-11-20(30)15-21(31)12-17)25-36-37-26(41-25)29(32,33)34/h4-6,11-12,14-15,23-24,35,39-40H,7-10,13,16H2,1-3H3.